The summed E-state index contributed by atoms with van der Waals surface area (Å²) in [5, 5.41) is 13.1. The molecule has 0 aliphatic rings. The minimum absolute atomic E-state index is 0.649. The molecule has 4 heteroatoms. The summed E-state index contributed by atoms with van der Waals surface area (Å²) in [6.07, 6.45) is 0. The van der Waals surface area contributed by atoms with Gasteiger partial charge in [-0.3, -0.25) is 4.90 Å². The number of nitrogens with one attached hydrogen (secondary N) is 1. The average molecular weight is 251 g/mol. The van der Waals surface area contributed by atoms with E-state index < -0.39 is 5.60 Å². The summed E-state index contributed by atoms with van der Waals surface area (Å²) in [7, 11) is 0. The predicted octanol–water partition coefficient (Wildman–Crippen LogP) is 2.11. The van der Waals surface area contributed by atoms with E-state index in [1.807, 2.05) is 32.0 Å². The van der Waals surface area contributed by atoms with E-state index in [9.17, 15) is 5.11 Å². The highest BCUT2D eigenvalue weighted by Crippen LogP contribution is 2.10. The second kappa shape index (κ2) is 6.71. The molecule has 0 fully saturated rings. The second-order valence-electron chi connectivity index (χ2n) is 5.16. The van der Waals surface area contributed by atoms with Gasteiger partial charge >= 0.3 is 0 Å². The van der Waals surface area contributed by atoms with Gasteiger partial charge in [-0.1, -0.05) is 13.0 Å². The molecule has 0 saturated heterocycles. The maximum absolute atomic E-state index is 9.86. The third kappa shape index (κ3) is 5.47. The maximum atomic E-state index is 9.86. The Hall–Kier alpha value is -1.13. The smallest absolute Gasteiger partial charge is 0.126 e. The number of nitrogens with zero attached hydrogens (tertiary/aromatic N) is 2. The third-order valence-electron chi connectivity index (χ3n) is 2.61. The molecule has 18 heavy (non-hydrogen) atoms. The van der Waals surface area contributed by atoms with E-state index in [0.29, 0.717) is 6.54 Å². The van der Waals surface area contributed by atoms with E-state index in [-0.39, 0.29) is 0 Å². The summed E-state index contributed by atoms with van der Waals surface area (Å²) in [6, 6.07) is 6.01. The molecular formula is C14H25N3O. The Kier molecular flexibility index (Phi) is 5.56. The minimum Gasteiger partial charge on any atom is -0.389 e. The normalized spacial score (nSPS) is 11.9. The number of anilines is 1. The lowest BCUT2D eigenvalue weighted by Crippen LogP contribution is -2.38. The Morgan fingerprint density at radius 3 is 2.61 bits per heavy atom. The van der Waals surface area contributed by atoms with E-state index >= 15 is 0 Å². The van der Waals surface area contributed by atoms with Gasteiger partial charge in [0.2, 0.25) is 0 Å². The molecule has 0 radical (unpaired) electrons. The van der Waals surface area contributed by atoms with Crippen molar-refractivity contribution in [3.05, 3.63) is 23.9 Å². The first-order valence-electron chi connectivity index (χ1n) is 6.59. The quantitative estimate of drug-likeness (QED) is 0.779. The van der Waals surface area contributed by atoms with Crippen LogP contribution in [0.2, 0.25) is 0 Å². The van der Waals surface area contributed by atoms with Gasteiger partial charge in [-0.25, -0.2) is 4.98 Å². The highest BCUT2D eigenvalue weighted by molar-refractivity contribution is 5.34. The molecule has 0 spiro atoms. The van der Waals surface area contributed by atoms with Crippen molar-refractivity contribution >= 4 is 5.82 Å². The summed E-state index contributed by atoms with van der Waals surface area (Å²) in [4.78, 5) is 6.74. The maximum Gasteiger partial charge on any atom is 0.126 e. The van der Waals surface area contributed by atoms with Crippen molar-refractivity contribution in [1.29, 1.82) is 0 Å². The van der Waals surface area contributed by atoms with Gasteiger partial charge in [0.1, 0.15) is 5.82 Å². The highest BCUT2D eigenvalue weighted by atomic mass is 16.3. The summed E-state index contributed by atoms with van der Waals surface area (Å²) in [5.41, 5.74) is 0.356. The Morgan fingerprint density at radius 1 is 1.33 bits per heavy atom. The Morgan fingerprint density at radius 2 is 2.06 bits per heavy atom. The van der Waals surface area contributed by atoms with Crippen molar-refractivity contribution in [3.63, 3.8) is 0 Å². The van der Waals surface area contributed by atoms with Crippen molar-refractivity contribution in [3.8, 4) is 0 Å². The predicted molar refractivity (Wildman–Crippen MR) is 75.6 cm³/mol. The summed E-state index contributed by atoms with van der Waals surface area (Å²) >= 11 is 0. The fourth-order valence-electron chi connectivity index (χ4n) is 1.90. The van der Waals surface area contributed by atoms with E-state index in [4.69, 9.17) is 0 Å². The molecule has 102 valence electrons. The molecule has 1 aromatic heterocycles. The second-order valence-corrected chi connectivity index (χ2v) is 5.16. The van der Waals surface area contributed by atoms with Crippen LogP contribution in [0.15, 0.2) is 18.2 Å². The van der Waals surface area contributed by atoms with Gasteiger partial charge < -0.3 is 10.4 Å². The lowest BCUT2D eigenvalue weighted by Gasteiger charge is -2.27. The molecule has 0 atom stereocenters. The molecule has 4 nitrogen and oxygen atoms in total. The van der Waals surface area contributed by atoms with E-state index in [2.05, 4.69) is 29.0 Å². The zero-order chi connectivity index (χ0) is 13.6. The Balaban J connectivity index is 2.66. The number of aromatic nitrogens is 1. The number of likely N-dealkylation sites (N-methyl/N-ethyl adjacent to an activating group) is 1. The van der Waals surface area contributed by atoms with Crippen LogP contribution in [-0.4, -0.2) is 40.2 Å². The van der Waals surface area contributed by atoms with E-state index in [1.165, 1.54) is 0 Å². The monoisotopic (exact) mass is 251 g/mol. The summed E-state index contributed by atoms with van der Waals surface area (Å²) in [6.45, 7) is 11.0. The molecule has 1 rings (SSSR count). The largest absolute Gasteiger partial charge is 0.389 e. The van der Waals surface area contributed by atoms with Crippen LogP contribution in [0.5, 0.6) is 0 Å². The number of rotatable bonds is 7. The van der Waals surface area contributed by atoms with Gasteiger partial charge in [-0.2, -0.15) is 0 Å². The topological polar surface area (TPSA) is 48.4 Å². The lowest BCUT2D eigenvalue weighted by atomic mass is 10.1. The van der Waals surface area contributed by atoms with Crippen molar-refractivity contribution in [1.82, 2.24) is 9.88 Å². The molecule has 0 aliphatic heterocycles. The number of hydrogen-bond donors (Lipinski definition) is 2. The van der Waals surface area contributed by atoms with Crippen LogP contribution in [-0.2, 0) is 6.54 Å². The minimum atomic E-state index is -0.671. The molecule has 0 unspecified atom stereocenters. The Labute approximate surface area is 110 Å². The molecular weight excluding hydrogens is 226 g/mol. The van der Waals surface area contributed by atoms with E-state index in [1.54, 1.807) is 0 Å². The molecule has 1 heterocycles. The lowest BCUT2D eigenvalue weighted by molar-refractivity contribution is 0.0350. The summed E-state index contributed by atoms with van der Waals surface area (Å²) in [5.74, 6) is 0.911. The zero-order valence-electron chi connectivity index (χ0n) is 11.9. The van der Waals surface area contributed by atoms with Crippen LogP contribution < -0.4 is 5.32 Å². The standard InChI is InChI=1S/C14H25N3O/c1-5-15-13-9-7-8-12(16-13)10-17(6-2)11-14(3,4)18/h7-9,18H,5-6,10-11H2,1-4H3,(H,15,16). The number of hydrogen-bond acceptors (Lipinski definition) is 4. The van der Waals surface area contributed by atoms with Crippen LogP contribution >= 0.6 is 0 Å². The van der Waals surface area contributed by atoms with Crippen LogP contribution in [0.25, 0.3) is 0 Å². The molecule has 2 N–H and O–H groups in total. The molecule has 0 bridgehead atoms. The molecule has 0 aromatic carbocycles. The number of aliphatic hydroxyl groups is 1. The van der Waals surface area contributed by atoms with Crippen molar-refractivity contribution in [2.75, 3.05) is 25.0 Å². The van der Waals surface area contributed by atoms with Crippen LogP contribution in [0.3, 0.4) is 0 Å². The van der Waals surface area contributed by atoms with Crippen LogP contribution in [0, 0.1) is 0 Å². The van der Waals surface area contributed by atoms with Gasteiger partial charge in [-0.15, -0.1) is 0 Å². The molecule has 0 amide bonds. The van der Waals surface area contributed by atoms with Crippen molar-refractivity contribution < 1.29 is 5.11 Å². The molecule has 0 saturated carbocycles. The number of pyridine rings is 1. The van der Waals surface area contributed by atoms with Gasteiger partial charge in [0, 0.05) is 19.6 Å². The Bertz CT molecular complexity index is 360. The fourth-order valence-corrected chi connectivity index (χ4v) is 1.90. The first-order chi connectivity index (χ1) is 8.44. The first-order valence-corrected chi connectivity index (χ1v) is 6.59. The highest BCUT2D eigenvalue weighted by Gasteiger charge is 2.17. The van der Waals surface area contributed by atoms with Crippen molar-refractivity contribution in [2.45, 2.75) is 39.8 Å². The van der Waals surface area contributed by atoms with Gasteiger partial charge in [0.25, 0.3) is 0 Å². The van der Waals surface area contributed by atoms with Crippen LogP contribution in [0.1, 0.15) is 33.4 Å². The molecule has 0 aliphatic carbocycles. The van der Waals surface area contributed by atoms with Crippen molar-refractivity contribution in [2.24, 2.45) is 0 Å². The molecule has 1 aromatic rings. The van der Waals surface area contributed by atoms with E-state index in [0.717, 1.165) is 31.1 Å². The van der Waals surface area contributed by atoms with Crippen LogP contribution in [0.4, 0.5) is 5.82 Å². The van der Waals surface area contributed by atoms with Gasteiger partial charge in [-0.05, 0) is 39.4 Å². The summed E-state index contributed by atoms with van der Waals surface area (Å²) < 4.78 is 0. The first kappa shape index (κ1) is 14.9. The zero-order valence-corrected chi connectivity index (χ0v) is 11.9. The van der Waals surface area contributed by atoms with Gasteiger partial charge in [0.15, 0.2) is 0 Å². The fraction of sp³-hybridized carbons (Fsp3) is 0.643. The van der Waals surface area contributed by atoms with Gasteiger partial charge in [0.05, 0.1) is 11.3 Å². The third-order valence-corrected chi connectivity index (χ3v) is 2.61. The SMILES string of the molecule is CCNc1cccc(CN(CC)CC(C)(C)O)n1. The average Bonchev–Trinajstić information content (AvgIpc) is 2.27.